The van der Waals surface area contributed by atoms with Crippen LogP contribution in [0.4, 0.5) is 0 Å². The van der Waals surface area contributed by atoms with Crippen molar-refractivity contribution in [1.82, 2.24) is 5.32 Å². The van der Waals surface area contributed by atoms with Gasteiger partial charge in [0.05, 0.1) is 18.2 Å². The van der Waals surface area contributed by atoms with Crippen LogP contribution in [0, 0.1) is 11.8 Å². The van der Waals surface area contributed by atoms with Crippen LogP contribution in [0.3, 0.4) is 0 Å². The van der Waals surface area contributed by atoms with E-state index in [0.717, 1.165) is 32.1 Å². The van der Waals surface area contributed by atoms with Gasteiger partial charge < -0.3 is 15.8 Å². The first-order chi connectivity index (χ1) is 8.63. The Morgan fingerprint density at radius 1 is 1.22 bits per heavy atom. The average Bonchev–Trinajstić information content (AvgIpc) is 2.94. The Bertz CT molecular complexity index is 334. The summed E-state index contributed by atoms with van der Waals surface area (Å²) in [5.74, 6) is 0.883. The molecule has 3 fully saturated rings. The van der Waals surface area contributed by atoms with Gasteiger partial charge in [-0.15, -0.1) is 0 Å². The van der Waals surface area contributed by atoms with E-state index in [1.807, 2.05) is 0 Å². The largest absolute Gasteiger partial charge is 0.373 e. The lowest BCUT2D eigenvalue weighted by atomic mass is 9.79. The van der Waals surface area contributed by atoms with Crippen LogP contribution in [-0.2, 0) is 9.53 Å². The van der Waals surface area contributed by atoms with Crippen molar-refractivity contribution in [1.29, 1.82) is 0 Å². The van der Waals surface area contributed by atoms with E-state index in [0.29, 0.717) is 12.0 Å². The van der Waals surface area contributed by atoms with E-state index in [-0.39, 0.29) is 30.0 Å². The number of nitrogens with one attached hydrogen (secondary N) is 1. The second-order valence-corrected chi connectivity index (χ2v) is 6.38. The molecule has 2 heterocycles. The van der Waals surface area contributed by atoms with E-state index < -0.39 is 0 Å². The predicted octanol–water partition coefficient (Wildman–Crippen LogP) is 1.19. The van der Waals surface area contributed by atoms with Gasteiger partial charge in [-0.3, -0.25) is 4.79 Å². The first-order valence-corrected chi connectivity index (χ1v) is 7.35. The zero-order valence-corrected chi connectivity index (χ0v) is 11.1. The summed E-state index contributed by atoms with van der Waals surface area (Å²) in [7, 11) is 0. The van der Waals surface area contributed by atoms with Gasteiger partial charge in [-0.1, -0.05) is 6.92 Å². The van der Waals surface area contributed by atoms with Gasteiger partial charge in [-0.2, -0.15) is 0 Å². The summed E-state index contributed by atoms with van der Waals surface area (Å²) in [6, 6.07) is 0.442. The number of rotatable bonds is 2. The van der Waals surface area contributed by atoms with Crippen molar-refractivity contribution < 1.29 is 9.53 Å². The highest BCUT2D eigenvalue weighted by atomic mass is 16.5. The molecule has 0 aromatic carbocycles. The predicted molar refractivity (Wildman–Crippen MR) is 68.9 cm³/mol. The Kier molecular flexibility index (Phi) is 3.32. The van der Waals surface area contributed by atoms with Gasteiger partial charge in [0.2, 0.25) is 5.91 Å². The molecule has 0 spiro atoms. The summed E-state index contributed by atoms with van der Waals surface area (Å²) in [6.07, 6.45) is 6.86. The number of carbonyl (C=O) groups is 1. The number of hydrogen-bond acceptors (Lipinski definition) is 3. The molecule has 3 aliphatic rings. The standard InChI is InChI=1S/C14H24N2O2/c1-8-2-3-9(6-11(8)15)14(17)16-12-7-10-4-5-13(12)18-10/h8-13H,2-7,15H2,1H3,(H,16,17). The molecule has 1 amide bonds. The third-order valence-corrected chi connectivity index (χ3v) is 5.06. The topological polar surface area (TPSA) is 64.3 Å². The molecule has 18 heavy (non-hydrogen) atoms. The van der Waals surface area contributed by atoms with E-state index in [1.54, 1.807) is 0 Å². The van der Waals surface area contributed by atoms with E-state index in [4.69, 9.17) is 10.5 Å². The van der Waals surface area contributed by atoms with Crippen molar-refractivity contribution in [3.8, 4) is 0 Å². The second-order valence-electron chi connectivity index (χ2n) is 6.38. The quantitative estimate of drug-likeness (QED) is 0.776. The number of carbonyl (C=O) groups excluding carboxylic acids is 1. The average molecular weight is 252 g/mol. The van der Waals surface area contributed by atoms with Gasteiger partial charge in [-0.25, -0.2) is 0 Å². The van der Waals surface area contributed by atoms with Crippen LogP contribution in [0.15, 0.2) is 0 Å². The Morgan fingerprint density at radius 2 is 2.06 bits per heavy atom. The van der Waals surface area contributed by atoms with Gasteiger partial charge in [0.25, 0.3) is 0 Å². The Labute approximate surface area is 109 Å². The normalized spacial score (nSPS) is 47.2. The molecule has 2 bridgehead atoms. The van der Waals surface area contributed by atoms with E-state index in [1.165, 1.54) is 6.42 Å². The highest BCUT2D eigenvalue weighted by Gasteiger charge is 2.42. The van der Waals surface area contributed by atoms with Crippen LogP contribution < -0.4 is 11.1 Å². The Balaban J connectivity index is 1.52. The van der Waals surface area contributed by atoms with Crippen molar-refractivity contribution in [2.24, 2.45) is 17.6 Å². The SMILES string of the molecule is CC1CCC(C(=O)NC2CC3CCC2O3)CC1N. The molecular formula is C14H24N2O2. The van der Waals surface area contributed by atoms with Gasteiger partial charge in [0.15, 0.2) is 0 Å². The minimum atomic E-state index is 0.121. The molecule has 0 aromatic heterocycles. The zero-order valence-electron chi connectivity index (χ0n) is 11.1. The molecular weight excluding hydrogens is 228 g/mol. The molecule has 2 aliphatic heterocycles. The summed E-state index contributed by atoms with van der Waals surface area (Å²) in [5, 5.41) is 3.20. The number of ether oxygens (including phenoxy) is 1. The molecule has 4 heteroatoms. The van der Waals surface area contributed by atoms with Crippen molar-refractivity contribution in [2.75, 3.05) is 0 Å². The maximum atomic E-state index is 12.3. The molecule has 3 N–H and O–H groups in total. The summed E-state index contributed by atoms with van der Waals surface area (Å²) >= 11 is 0. The minimum absolute atomic E-state index is 0.121. The van der Waals surface area contributed by atoms with Crippen molar-refractivity contribution in [2.45, 2.75) is 69.7 Å². The molecule has 1 saturated carbocycles. The zero-order chi connectivity index (χ0) is 12.7. The van der Waals surface area contributed by atoms with E-state index >= 15 is 0 Å². The van der Waals surface area contributed by atoms with Crippen molar-refractivity contribution in [3.63, 3.8) is 0 Å². The first-order valence-electron chi connectivity index (χ1n) is 7.35. The van der Waals surface area contributed by atoms with Gasteiger partial charge >= 0.3 is 0 Å². The molecule has 6 unspecified atom stereocenters. The fourth-order valence-corrected chi connectivity index (χ4v) is 3.69. The van der Waals surface area contributed by atoms with Crippen LogP contribution in [0.1, 0.15) is 45.4 Å². The third-order valence-electron chi connectivity index (χ3n) is 5.06. The Hall–Kier alpha value is -0.610. The Morgan fingerprint density at radius 3 is 2.67 bits per heavy atom. The van der Waals surface area contributed by atoms with Crippen LogP contribution in [0.5, 0.6) is 0 Å². The number of nitrogens with two attached hydrogens (primary N) is 1. The molecule has 4 nitrogen and oxygen atoms in total. The number of hydrogen-bond donors (Lipinski definition) is 2. The fourth-order valence-electron chi connectivity index (χ4n) is 3.69. The highest BCUT2D eigenvalue weighted by molar-refractivity contribution is 5.79. The molecule has 1 aliphatic carbocycles. The lowest BCUT2D eigenvalue weighted by molar-refractivity contribution is -0.127. The fraction of sp³-hybridized carbons (Fsp3) is 0.929. The summed E-state index contributed by atoms with van der Waals surface area (Å²) in [4.78, 5) is 12.3. The lowest BCUT2D eigenvalue weighted by Gasteiger charge is -2.32. The van der Waals surface area contributed by atoms with Crippen LogP contribution in [0.2, 0.25) is 0 Å². The monoisotopic (exact) mass is 252 g/mol. The smallest absolute Gasteiger partial charge is 0.223 e. The summed E-state index contributed by atoms with van der Waals surface area (Å²) < 4.78 is 5.77. The lowest BCUT2D eigenvalue weighted by Crippen LogP contribution is -2.47. The molecule has 102 valence electrons. The van der Waals surface area contributed by atoms with Gasteiger partial charge in [-0.05, 0) is 44.4 Å². The van der Waals surface area contributed by atoms with Crippen LogP contribution in [0.25, 0.3) is 0 Å². The minimum Gasteiger partial charge on any atom is -0.373 e. The third kappa shape index (κ3) is 2.28. The van der Waals surface area contributed by atoms with E-state index in [9.17, 15) is 4.79 Å². The maximum Gasteiger partial charge on any atom is 0.223 e. The number of fused-ring (bicyclic) bond motifs is 2. The van der Waals surface area contributed by atoms with Crippen molar-refractivity contribution in [3.05, 3.63) is 0 Å². The summed E-state index contributed by atoms with van der Waals surface area (Å²) in [6.45, 7) is 2.18. The van der Waals surface area contributed by atoms with Crippen LogP contribution in [-0.4, -0.2) is 30.2 Å². The first kappa shape index (κ1) is 12.4. The van der Waals surface area contributed by atoms with E-state index in [2.05, 4.69) is 12.2 Å². The highest BCUT2D eigenvalue weighted by Crippen LogP contribution is 2.35. The molecule has 2 saturated heterocycles. The summed E-state index contributed by atoms with van der Waals surface area (Å²) in [5.41, 5.74) is 6.07. The second kappa shape index (κ2) is 4.82. The molecule has 6 atom stereocenters. The molecule has 0 aromatic rings. The molecule has 0 radical (unpaired) electrons. The van der Waals surface area contributed by atoms with Gasteiger partial charge in [0.1, 0.15) is 0 Å². The van der Waals surface area contributed by atoms with Crippen LogP contribution >= 0.6 is 0 Å². The molecule has 3 rings (SSSR count). The number of amides is 1. The maximum absolute atomic E-state index is 12.3. The van der Waals surface area contributed by atoms with Crippen molar-refractivity contribution >= 4 is 5.91 Å². The van der Waals surface area contributed by atoms with Gasteiger partial charge in [0, 0.05) is 12.0 Å².